The molecule has 3 aromatic rings. The summed E-state index contributed by atoms with van der Waals surface area (Å²) in [4.78, 5) is 25.1. The van der Waals surface area contributed by atoms with Gasteiger partial charge in [-0.3, -0.25) is 4.79 Å². The molecule has 7 nitrogen and oxygen atoms in total. The fourth-order valence-electron chi connectivity index (χ4n) is 3.44. The Labute approximate surface area is 187 Å². The average molecular weight is 434 g/mol. The quantitative estimate of drug-likeness (QED) is 0.409. The van der Waals surface area contributed by atoms with Gasteiger partial charge >= 0.3 is 0 Å². The Morgan fingerprint density at radius 1 is 1.19 bits per heavy atom. The van der Waals surface area contributed by atoms with Crippen molar-refractivity contribution in [1.29, 1.82) is 0 Å². The molecule has 166 valence electrons. The Balaban J connectivity index is 1.28. The number of methoxy groups -OCH3 is 1. The van der Waals surface area contributed by atoms with Crippen LogP contribution in [0.5, 0.6) is 5.75 Å². The summed E-state index contributed by atoms with van der Waals surface area (Å²) >= 11 is 0. The Hall–Kier alpha value is -3.42. The largest absolute Gasteiger partial charge is 0.497 e. The van der Waals surface area contributed by atoms with Gasteiger partial charge in [0.2, 0.25) is 0 Å². The van der Waals surface area contributed by atoms with Gasteiger partial charge in [-0.15, -0.1) is 0 Å². The first kappa shape index (κ1) is 21.8. The number of aromatic nitrogens is 2. The van der Waals surface area contributed by atoms with Gasteiger partial charge in [0.05, 0.1) is 19.0 Å². The molecule has 1 saturated heterocycles. The van der Waals surface area contributed by atoms with Crippen LogP contribution < -0.4 is 10.2 Å². The van der Waals surface area contributed by atoms with Crippen LogP contribution in [0.1, 0.15) is 36.2 Å². The smallest absolute Gasteiger partial charge is 0.267 e. The van der Waals surface area contributed by atoms with Crippen molar-refractivity contribution < 1.29 is 19.1 Å². The normalized spacial score (nSPS) is 16.2. The molecule has 0 radical (unpaired) electrons. The standard InChI is InChI=1S/C25H27N3O4/c1-30-21-12-10-20(11-13-21)22-17-26-23(27-22)16-19-7-5-18(6-8-19)9-14-24(29)28-32-25-4-2-3-15-31-25/h5-14,17,25H,2-4,15-16H2,1H3,(H,26,27)(H,28,29)/b14-9+. The monoisotopic (exact) mass is 433 g/mol. The summed E-state index contributed by atoms with van der Waals surface area (Å²) in [6, 6.07) is 15.9. The van der Waals surface area contributed by atoms with E-state index in [-0.39, 0.29) is 12.2 Å². The molecule has 1 fully saturated rings. The minimum absolute atomic E-state index is 0.315. The van der Waals surface area contributed by atoms with Gasteiger partial charge in [-0.25, -0.2) is 15.3 Å². The highest BCUT2D eigenvalue weighted by molar-refractivity contribution is 5.90. The predicted octanol–water partition coefficient (Wildman–Crippen LogP) is 4.26. The van der Waals surface area contributed by atoms with Crippen LogP contribution in [-0.2, 0) is 20.8 Å². The van der Waals surface area contributed by atoms with Gasteiger partial charge in [0.15, 0.2) is 6.29 Å². The first-order valence-electron chi connectivity index (χ1n) is 10.7. The van der Waals surface area contributed by atoms with Crippen LogP contribution in [0.15, 0.2) is 60.8 Å². The van der Waals surface area contributed by atoms with E-state index in [9.17, 15) is 4.79 Å². The Bertz CT molecular complexity index is 1040. The van der Waals surface area contributed by atoms with E-state index in [4.69, 9.17) is 14.3 Å². The molecule has 0 aliphatic carbocycles. The van der Waals surface area contributed by atoms with Crippen LogP contribution in [-0.4, -0.2) is 35.9 Å². The minimum Gasteiger partial charge on any atom is -0.497 e. The van der Waals surface area contributed by atoms with Crippen LogP contribution in [0.2, 0.25) is 0 Å². The molecule has 0 spiro atoms. The molecule has 4 rings (SSSR count). The van der Waals surface area contributed by atoms with Crippen molar-refractivity contribution in [2.24, 2.45) is 0 Å². The number of carbonyl (C=O) groups excluding carboxylic acids is 1. The lowest BCUT2D eigenvalue weighted by Gasteiger charge is -2.21. The van der Waals surface area contributed by atoms with Gasteiger partial charge < -0.3 is 14.5 Å². The van der Waals surface area contributed by atoms with Crippen LogP contribution in [0.3, 0.4) is 0 Å². The van der Waals surface area contributed by atoms with Crippen LogP contribution in [0.4, 0.5) is 0 Å². The highest BCUT2D eigenvalue weighted by Crippen LogP contribution is 2.21. The van der Waals surface area contributed by atoms with E-state index >= 15 is 0 Å². The molecular formula is C25H27N3O4. The van der Waals surface area contributed by atoms with Gasteiger partial charge in [0, 0.05) is 25.5 Å². The minimum atomic E-state index is -0.354. The van der Waals surface area contributed by atoms with Crippen molar-refractivity contribution in [2.45, 2.75) is 32.0 Å². The lowest BCUT2D eigenvalue weighted by atomic mass is 10.1. The third-order valence-electron chi connectivity index (χ3n) is 5.24. The molecule has 1 aliphatic rings. The van der Waals surface area contributed by atoms with Crippen LogP contribution in [0.25, 0.3) is 17.3 Å². The number of imidazole rings is 1. The third kappa shape index (κ3) is 6.06. The van der Waals surface area contributed by atoms with Crippen LogP contribution >= 0.6 is 0 Å². The number of rotatable bonds is 8. The third-order valence-corrected chi connectivity index (χ3v) is 5.24. The fraction of sp³-hybridized carbons (Fsp3) is 0.280. The molecule has 2 N–H and O–H groups in total. The van der Waals surface area contributed by atoms with Crippen molar-refractivity contribution in [1.82, 2.24) is 15.4 Å². The molecule has 0 saturated carbocycles. The first-order valence-corrected chi connectivity index (χ1v) is 10.7. The molecule has 2 heterocycles. The highest BCUT2D eigenvalue weighted by atomic mass is 16.8. The molecule has 1 amide bonds. The van der Waals surface area contributed by atoms with E-state index in [2.05, 4.69) is 15.4 Å². The van der Waals surface area contributed by atoms with E-state index in [0.717, 1.165) is 53.2 Å². The summed E-state index contributed by atoms with van der Waals surface area (Å²) in [6.45, 7) is 0.670. The second-order valence-electron chi connectivity index (χ2n) is 7.60. The van der Waals surface area contributed by atoms with E-state index in [1.165, 1.54) is 6.08 Å². The molecule has 7 heteroatoms. The fourth-order valence-corrected chi connectivity index (χ4v) is 3.44. The molecule has 1 unspecified atom stereocenters. The number of nitrogens with one attached hydrogen (secondary N) is 2. The number of ether oxygens (including phenoxy) is 2. The lowest BCUT2D eigenvalue weighted by Crippen LogP contribution is -2.32. The van der Waals surface area contributed by atoms with E-state index < -0.39 is 0 Å². The second-order valence-corrected chi connectivity index (χ2v) is 7.60. The van der Waals surface area contributed by atoms with Gasteiger partial charge in [0.1, 0.15) is 11.6 Å². The highest BCUT2D eigenvalue weighted by Gasteiger charge is 2.14. The number of H-pyrrole nitrogens is 1. The Kier molecular flexibility index (Phi) is 7.32. The van der Waals surface area contributed by atoms with Crippen LogP contribution in [0, 0.1) is 0 Å². The summed E-state index contributed by atoms with van der Waals surface area (Å²) in [7, 11) is 1.65. The SMILES string of the molecule is COc1ccc(-c2cnc(Cc3ccc(/C=C/C(=O)NOC4CCCCO4)cc3)[nH]2)cc1. The first-order chi connectivity index (χ1) is 15.7. The molecule has 1 aliphatic heterocycles. The number of hydroxylamine groups is 1. The number of nitrogens with zero attached hydrogens (tertiary/aromatic N) is 1. The molecule has 0 bridgehead atoms. The zero-order valence-corrected chi connectivity index (χ0v) is 18.0. The predicted molar refractivity (Wildman–Crippen MR) is 122 cm³/mol. The topological polar surface area (TPSA) is 85.5 Å². The summed E-state index contributed by atoms with van der Waals surface area (Å²) in [5, 5.41) is 0. The number of amides is 1. The van der Waals surface area contributed by atoms with Crippen molar-refractivity contribution in [3.8, 4) is 17.0 Å². The lowest BCUT2D eigenvalue weighted by molar-refractivity contribution is -0.198. The van der Waals surface area contributed by atoms with Gasteiger partial charge in [-0.1, -0.05) is 24.3 Å². The van der Waals surface area contributed by atoms with Gasteiger partial charge in [-0.2, -0.15) is 0 Å². The maximum atomic E-state index is 11.9. The van der Waals surface area contributed by atoms with Gasteiger partial charge in [0.25, 0.3) is 5.91 Å². The van der Waals surface area contributed by atoms with Crippen molar-refractivity contribution >= 4 is 12.0 Å². The van der Waals surface area contributed by atoms with E-state index in [1.54, 1.807) is 13.2 Å². The summed E-state index contributed by atoms with van der Waals surface area (Å²) in [6.07, 6.45) is 8.25. The Morgan fingerprint density at radius 3 is 2.72 bits per heavy atom. The number of hydrogen-bond donors (Lipinski definition) is 2. The molecule has 1 aromatic heterocycles. The van der Waals surface area contributed by atoms with Crippen molar-refractivity contribution in [3.05, 3.63) is 77.8 Å². The second kappa shape index (κ2) is 10.7. The van der Waals surface area contributed by atoms with Crippen molar-refractivity contribution in [3.63, 3.8) is 0 Å². The molecule has 32 heavy (non-hydrogen) atoms. The van der Waals surface area contributed by atoms with Gasteiger partial charge in [-0.05, 0) is 59.9 Å². The number of aromatic amines is 1. The summed E-state index contributed by atoms with van der Waals surface area (Å²) in [5.41, 5.74) is 6.50. The van der Waals surface area contributed by atoms with Crippen molar-refractivity contribution in [2.75, 3.05) is 13.7 Å². The maximum absolute atomic E-state index is 11.9. The number of benzene rings is 2. The summed E-state index contributed by atoms with van der Waals surface area (Å²) < 4.78 is 10.6. The van der Waals surface area contributed by atoms with E-state index in [0.29, 0.717) is 13.0 Å². The zero-order chi connectivity index (χ0) is 22.2. The summed E-state index contributed by atoms with van der Waals surface area (Å²) in [5.74, 6) is 1.40. The number of carbonyl (C=O) groups is 1. The van der Waals surface area contributed by atoms with E-state index in [1.807, 2.05) is 54.7 Å². The zero-order valence-electron chi connectivity index (χ0n) is 18.0. The Morgan fingerprint density at radius 2 is 2.00 bits per heavy atom. The molecule has 2 aromatic carbocycles. The maximum Gasteiger partial charge on any atom is 0.267 e. The molecular weight excluding hydrogens is 406 g/mol. The molecule has 1 atom stereocenters. The number of hydrogen-bond acceptors (Lipinski definition) is 5. The average Bonchev–Trinajstić information content (AvgIpc) is 3.31.